The monoisotopic (exact) mass is 342 g/mol. The summed E-state index contributed by atoms with van der Waals surface area (Å²) in [7, 11) is 2.09. The molecular formula is C18H19ClN4O. The van der Waals surface area contributed by atoms with E-state index >= 15 is 0 Å². The molecule has 0 spiro atoms. The summed E-state index contributed by atoms with van der Waals surface area (Å²) in [6.45, 7) is 2.46. The molecule has 5 nitrogen and oxygen atoms in total. The van der Waals surface area contributed by atoms with Gasteiger partial charge in [0.15, 0.2) is 0 Å². The van der Waals surface area contributed by atoms with Crippen molar-refractivity contribution in [2.24, 2.45) is 0 Å². The second kappa shape index (κ2) is 7.63. The number of nitrogens with one attached hydrogen (secondary N) is 1. The van der Waals surface area contributed by atoms with Crippen LogP contribution in [0.15, 0.2) is 42.6 Å². The van der Waals surface area contributed by atoms with Crippen molar-refractivity contribution in [2.45, 2.75) is 12.1 Å². The van der Waals surface area contributed by atoms with Crippen molar-refractivity contribution < 1.29 is 4.74 Å². The maximum atomic E-state index is 8.90. The van der Waals surface area contributed by atoms with E-state index in [0.29, 0.717) is 23.0 Å². The van der Waals surface area contributed by atoms with Gasteiger partial charge in [-0.25, -0.2) is 4.98 Å². The van der Waals surface area contributed by atoms with E-state index in [9.17, 15) is 0 Å². The molecule has 1 saturated heterocycles. The van der Waals surface area contributed by atoms with Crippen molar-refractivity contribution in [1.29, 1.82) is 5.26 Å². The fourth-order valence-electron chi connectivity index (χ4n) is 2.78. The molecule has 2 unspecified atom stereocenters. The Morgan fingerprint density at radius 2 is 2.12 bits per heavy atom. The number of halogens is 1. The van der Waals surface area contributed by atoms with Gasteiger partial charge in [0.1, 0.15) is 11.9 Å². The second-order valence-electron chi connectivity index (χ2n) is 5.89. The van der Waals surface area contributed by atoms with Crippen LogP contribution < -0.4 is 5.32 Å². The van der Waals surface area contributed by atoms with Crippen molar-refractivity contribution in [3.63, 3.8) is 0 Å². The van der Waals surface area contributed by atoms with Gasteiger partial charge in [-0.3, -0.25) is 0 Å². The predicted octanol–water partition coefficient (Wildman–Crippen LogP) is 3.09. The molecule has 24 heavy (non-hydrogen) atoms. The standard InChI is InChI=1S/C18H19ClN4O/c1-23-8-9-24-16(12-23)18(14-3-5-15(19)6-4-14)22-17-7-2-13(10-20)11-21-17/h2-7,11,16,18H,8-9,12H2,1H3,(H,21,22). The SMILES string of the molecule is CN1CCOC(C(Nc2ccc(C#N)cn2)c2ccc(Cl)cc2)C1. The highest BCUT2D eigenvalue weighted by Crippen LogP contribution is 2.27. The smallest absolute Gasteiger partial charge is 0.126 e. The molecule has 124 valence electrons. The molecule has 2 aromatic rings. The molecule has 2 atom stereocenters. The Morgan fingerprint density at radius 3 is 2.75 bits per heavy atom. The molecule has 1 aromatic carbocycles. The maximum Gasteiger partial charge on any atom is 0.126 e. The minimum Gasteiger partial charge on any atom is -0.373 e. The number of hydrogen-bond acceptors (Lipinski definition) is 5. The highest BCUT2D eigenvalue weighted by molar-refractivity contribution is 6.30. The highest BCUT2D eigenvalue weighted by atomic mass is 35.5. The number of aromatic nitrogens is 1. The molecular weight excluding hydrogens is 324 g/mol. The number of anilines is 1. The first-order valence-electron chi connectivity index (χ1n) is 7.84. The first-order chi connectivity index (χ1) is 11.7. The van der Waals surface area contributed by atoms with Gasteiger partial charge < -0.3 is 15.0 Å². The molecule has 0 bridgehead atoms. The van der Waals surface area contributed by atoms with Crippen molar-refractivity contribution in [3.8, 4) is 6.07 Å². The van der Waals surface area contributed by atoms with E-state index in [1.54, 1.807) is 12.3 Å². The highest BCUT2D eigenvalue weighted by Gasteiger charge is 2.28. The van der Waals surface area contributed by atoms with Crippen LogP contribution in [0.2, 0.25) is 5.02 Å². The summed E-state index contributed by atoms with van der Waals surface area (Å²) < 4.78 is 5.99. The van der Waals surface area contributed by atoms with Crippen molar-refractivity contribution in [3.05, 3.63) is 58.7 Å². The van der Waals surface area contributed by atoms with Gasteiger partial charge >= 0.3 is 0 Å². The van der Waals surface area contributed by atoms with Crippen molar-refractivity contribution in [1.82, 2.24) is 9.88 Å². The zero-order chi connectivity index (χ0) is 16.9. The molecule has 0 aliphatic carbocycles. The van der Waals surface area contributed by atoms with E-state index in [2.05, 4.69) is 28.3 Å². The van der Waals surface area contributed by atoms with Crippen LogP contribution in [0.3, 0.4) is 0 Å². The summed E-state index contributed by atoms with van der Waals surface area (Å²) in [5.41, 5.74) is 1.63. The van der Waals surface area contributed by atoms with Gasteiger partial charge in [-0.05, 0) is 36.9 Å². The summed E-state index contributed by atoms with van der Waals surface area (Å²) in [5, 5.41) is 13.0. The number of likely N-dealkylation sites (N-methyl/N-ethyl adjacent to an activating group) is 1. The lowest BCUT2D eigenvalue weighted by atomic mass is 10.00. The van der Waals surface area contributed by atoms with Crippen molar-refractivity contribution >= 4 is 17.4 Å². The topological polar surface area (TPSA) is 61.2 Å². The van der Waals surface area contributed by atoms with Gasteiger partial charge in [-0.15, -0.1) is 0 Å². The van der Waals surface area contributed by atoms with E-state index in [1.165, 1.54) is 0 Å². The first kappa shape index (κ1) is 16.7. The van der Waals surface area contributed by atoms with E-state index in [4.69, 9.17) is 21.6 Å². The minimum atomic E-state index is -0.0505. The van der Waals surface area contributed by atoms with Crippen LogP contribution in [0.1, 0.15) is 17.2 Å². The molecule has 0 radical (unpaired) electrons. The van der Waals surface area contributed by atoms with E-state index in [0.717, 1.165) is 18.7 Å². The van der Waals surface area contributed by atoms with Gasteiger partial charge in [0.25, 0.3) is 0 Å². The summed E-state index contributed by atoms with van der Waals surface area (Å²) in [5.74, 6) is 0.714. The fraction of sp³-hybridized carbons (Fsp3) is 0.333. The lowest BCUT2D eigenvalue weighted by molar-refractivity contribution is -0.0292. The molecule has 0 saturated carbocycles. The summed E-state index contributed by atoms with van der Waals surface area (Å²) in [6.07, 6.45) is 1.57. The lowest BCUT2D eigenvalue weighted by Gasteiger charge is -2.36. The predicted molar refractivity (Wildman–Crippen MR) is 94.0 cm³/mol. The molecule has 1 aliphatic heterocycles. The third kappa shape index (κ3) is 4.04. The van der Waals surface area contributed by atoms with Crippen LogP contribution in [0.5, 0.6) is 0 Å². The Morgan fingerprint density at radius 1 is 1.33 bits per heavy atom. The van der Waals surface area contributed by atoms with E-state index < -0.39 is 0 Å². The van der Waals surface area contributed by atoms with E-state index in [-0.39, 0.29) is 12.1 Å². The molecule has 0 amide bonds. The minimum absolute atomic E-state index is 0.00219. The molecule has 6 heteroatoms. The molecule has 3 rings (SSSR count). The Hall–Kier alpha value is -2.13. The Bertz CT molecular complexity index is 711. The van der Waals surface area contributed by atoms with Crippen LogP contribution >= 0.6 is 11.6 Å². The van der Waals surface area contributed by atoms with Gasteiger partial charge in [-0.2, -0.15) is 5.26 Å². The number of hydrogen-bond donors (Lipinski definition) is 1. The zero-order valence-electron chi connectivity index (χ0n) is 13.4. The molecule has 2 heterocycles. The number of nitriles is 1. The maximum absolute atomic E-state index is 8.90. The fourth-order valence-corrected chi connectivity index (χ4v) is 2.90. The van der Waals surface area contributed by atoms with Crippen LogP contribution in [-0.2, 0) is 4.74 Å². The normalized spacial score (nSPS) is 19.5. The molecule has 1 aliphatic rings. The van der Waals surface area contributed by atoms with Crippen LogP contribution in [-0.4, -0.2) is 42.7 Å². The van der Waals surface area contributed by atoms with Gasteiger partial charge in [0.2, 0.25) is 0 Å². The number of ether oxygens (including phenoxy) is 1. The summed E-state index contributed by atoms with van der Waals surface area (Å²) >= 11 is 6.02. The zero-order valence-corrected chi connectivity index (χ0v) is 14.2. The van der Waals surface area contributed by atoms with Crippen LogP contribution in [0.25, 0.3) is 0 Å². The average Bonchev–Trinajstić information content (AvgIpc) is 2.61. The average molecular weight is 343 g/mol. The number of morpholine rings is 1. The first-order valence-corrected chi connectivity index (χ1v) is 8.22. The van der Waals surface area contributed by atoms with Gasteiger partial charge in [-0.1, -0.05) is 23.7 Å². The van der Waals surface area contributed by atoms with Crippen molar-refractivity contribution in [2.75, 3.05) is 32.1 Å². The molecule has 1 fully saturated rings. The van der Waals surface area contributed by atoms with Gasteiger partial charge in [0.05, 0.1) is 24.3 Å². The lowest BCUT2D eigenvalue weighted by Crippen LogP contribution is -2.44. The van der Waals surface area contributed by atoms with Crippen LogP contribution in [0.4, 0.5) is 5.82 Å². The largest absolute Gasteiger partial charge is 0.373 e. The summed E-state index contributed by atoms with van der Waals surface area (Å²) in [4.78, 5) is 6.57. The van der Waals surface area contributed by atoms with Crippen LogP contribution in [0, 0.1) is 11.3 Å². The number of pyridine rings is 1. The Kier molecular flexibility index (Phi) is 5.31. The third-order valence-electron chi connectivity index (χ3n) is 4.09. The van der Waals surface area contributed by atoms with E-state index in [1.807, 2.05) is 30.3 Å². The second-order valence-corrected chi connectivity index (χ2v) is 6.33. The number of nitrogens with zero attached hydrogens (tertiary/aromatic N) is 3. The number of benzene rings is 1. The molecule has 1 N–H and O–H groups in total. The summed E-state index contributed by atoms with van der Waals surface area (Å²) in [6, 6.07) is 13.4. The van der Waals surface area contributed by atoms with Gasteiger partial charge in [0, 0.05) is 24.3 Å². The quantitative estimate of drug-likeness (QED) is 0.925. The third-order valence-corrected chi connectivity index (χ3v) is 4.35. The Labute approximate surface area is 146 Å². The molecule has 1 aromatic heterocycles. The Balaban J connectivity index is 1.85. The number of rotatable bonds is 4.